The predicted molar refractivity (Wildman–Crippen MR) is 88.9 cm³/mol. The van der Waals surface area contributed by atoms with Crippen LogP contribution in [0.1, 0.15) is 22.8 Å². The van der Waals surface area contributed by atoms with Gasteiger partial charge in [0.25, 0.3) is 0 Å². The molecule has 2 atom stereocenters. The monoisotopic (exact) mass is 315 g/mol. The summed E-state index contributed by atoms with van der Waals surface area (Å²) in [6.45, 7) is 2.79. The summed E-state index contributed by atoms with van der Waals surface area (Å²) in [6, 6.07) is 14.7. The fraction of sp³-hybridized carbons (Fsp3) is 0.389. The van der Waals surface area contributed by atoms with E-state index in [1.165, 1.54) is 17.6 Å². The number of methoxy groups -OCH3 is 1. The number of esters is 1. The lowest BCUT2D eigenvalue weighted by atomic mass is 9.84. The van der Waals surface area contributed by atoms with Crippen molar-refractivity contribution >= 4 is 17.3 Å². The van der Waals surface area contributed by atoms with Crippen molar-refractivity contribution in [2.45, 2.75) is 18.9 Å². The quantitative estimate of drug-likeness (QED) is 0.809. The Balaban J connectivity index is 1.74. The van der Waals surface area contributed by atoms with Gasteiger partial charge >= 0.3 is 5.97 Å². The fourth-order valence-electron chi connectivity index (χ4n) is 3.23. The number of hydrogen-bond donors (Lipinski definition) is 0. The molecular formula is C18H21NO2S. The van der Waals surface area contributed by atoms with Crippen molar-refractivity contribution < 1.29 is 9.53 Å². The van der Waals surface area contributed by atoms with Gasteiger partial charge in [0.1, 0.15) is 0 Å². The van der Waals surface area contributed by atoms with Crippen LogP contribution in [0.15, 0.2) is 47.8 Å². The average molecular weight is 315 g/mol. The van der Waals surface area contributed by atoms with Gasteiger partial charge in [-0.3, -0.25) is 9.69 Å². The summed E-state index contributed by atoms with van der Waals surface area (Å²) in [7, 11) is 1.49. The van der Waals surface area contributed by atoms with Gasteiger partial charge in [-0.25, -0.2) is 0 Å². The molecule has 0 radical (unpaired) electrons. The molecule has 22 heavy (non-hydrogen) atoms. The van der Waals surface area contributed by atoms with Crippen LogP contribution in [-0.2, 0) is 16.1 Å². The van der Waals surface area contributed by atoms with E-state index in [9.17, 15) is 4.79 Å². The van der Waals surface area contributed by atoms with Gasteiger partial charge in [0.05, 0.1) is 13.0 Å². The first kappa shape index (κ1) is 15.3. The standard InChI is InChI=1S/C18H21NO2S/c1-21-18(20)15-9-10-19(12-14-6-3-2-4-7-14)13-16(15)17-8-5-11-22-17/h2-8,11,15-16H,9-10,12-13H2,1H3/t15-,16+/m1/s1. The molecule has 0 N–H and O–H groups in total. The first-order valence-corrected chi connectivity index (χ1v) is 8.53. The van der Waals surface area contributed by atoms with Crippen molar-refractivity contribution in [3.8, 4) is 0 Å². The van der Waals surface area contributed by atoms with E-state index < -0.39 is 0 Å². The van der Waals surface area contributed by atoms with Crippen molar-refractivity contribution in [3.05, 3.63) is 58.3 Å². The molecule has 1 aromatic carbocycles. The van der Waals surface area contributed by atoms with Gasteiger partial charge in [-0.2, -0.15) is 0 Å². The summed E-state index contributed by atoms with van der Waals surface area (Å²) < 4.78 is 5.02. The minimum absolute atomic E-state index is 0.0179. The predicted octanol–water partition coefficient (Wildman–Crippen LogP) is 3.53. The average Bonchev–Trinajstić information content (AvgIpc) is 3.09. The maximum atomic E-state index is 12.1. The number of rotatable bonds is 4. The summed E-state index contributed by atoms with van der Waals surface area (Å²) in [4.78, 5) is 15.8. The van der Waals surface area contributed by atoms with Gasteiger partial charge in [0.2, 0.25) is 0 Å². The van der Waals surface area contributed by atoms with Crippen LogP contribution >= 0.6 is 11.3 Å². The number of benzene rings is 1. The molecule has 4 heteroatoms. The van der Waals surface area contributed by atoms with Gasteiger partial charge in [-0.15, -0.1) is 11.3 Å². The van der Waals surface area contributed by atoms with E-state index in [4.69, 9.17) is 4.74 Å². The molecular weight excluding hydrogens is 294 g/mol. The minimum atomic E-state index is -0.0715. The molecule has 0 aliphatic carbocycles. The third kappa shape index (κ3) is 3.39. The number of thiophene rings is 1. The van der Waals surface area contributed by atoms with E-state index in [1.54, 1.807) is 11.3 Å². The van der Waals surface area contributed by atoms with Crippen LogP contribution in [0.2, 0.25) is 0 Å². The van der Waals surface area contributed by atoms with E-state index in [-0.39, 0.29) is 17.8 Å². The molecule has 1 fully saturated rings. The topological polar surface area (TPSA) is 29.5 Å². The SMILES string of the molecule is COC(=O)[C@@H]1CCN(Cc2ccccc2)C[C@@H]1c1cccs1. The van der Waals surface area contributed by atoms with Gasteiger partial charge < -0.3 is 4.74 Å². The largest absolute Gasteiger partial charge is 0.469 e. The maximum absolute atomic E-state index is 12.1. The smallest absolute Gasteiger partial charge is 0.309 e. The Labute approximate surface area is 135 Å². The number of carbonyl (C=O) groups is 1. The summed E-state index contributed by atoms with van der Waals surface area (Å²) in [5.41, 5.74) is 1.32. The van der Waals surface area contributed by atoms with Crippen LogP contribution in [0.4, 0.5) is 0 Å². The molecule has 2 aromatic rings. The van der Waals surface area contributed by atoms with Crippen molar-refractivity contribution in [1.29, 1.82) is 0 Å². The normalized spacial score (nSPS) is 22.4. The van der Waals surface area contributed by atoms with Crippen molar-refractivity contribution in [3.63, 3.8) is 0 Å². The van der Waals surface area contributed by atoms with Gasteiger partial charge in [0.15, 0.2) is 0 Å². The summed E-state index contributed by atoms with van der Waals surface area (Å²) in [5.74, 6) is 0.151. The second-order valence-electron chi connectivity index (χ2n) is 5.76. The molecule has 0 bridgehead atoms. The van der Waals surface area contributed by atoms with E-state index >= 15 is 0 Å². The molecule has 1 aromatic heterocycles. The molecule has 1 saturated heterocycles. The Morgan fingerprint density at radius 3 is 2.77 bits per heavy atom. The zero-order chi connectivity index (χ0) is 15.4. The summed E-state index contributed by atoms with van der Waals surface area (Å²) >= 11 is 1.73. The Morgan fingerprint density at radius 2 is 2.09 bits per heavy atom. The van der Waals surface area contributed by atoms with Crippen LogP contribution < -0.4 is 0 Å². The number of piperidine rings is 1. The molecule has 116 valence electrons. The third-order valence-electron chi connectivity index (χ3n) is 4.36. The molecule has 2 heterocycles. The highest BCUT2D eigenvalue weighted by Crippen LogP contribution is 2.36. The van der Waals surface area contributed by atoms with Gasteiger partial charge in [0, 0.05) is 23.9 Å². The highest BCUT2D eigenvalue weighted by molar-refractivity contribution is 7.10. The van der Waals surface area contributed by atoms with E-state index in [0.717, 1.165) is 26.1 Å². The summed E-state index contributed by atoms with van der Waals surface area (Å²) in [6.07, 6.45) is 0.863. The second-order valence-corrected chi connectivity index (χ2v) is 6.74. The lowest BCUT2D eigenvalue weighted by Gasteiger charge is -2.37. The summed E-state index contributed by atoms with van der Waals surface area (Å²) in [5, 5.41) is 2.08. The van der Waals surface area contributed by atoms with E-state index in [0.29, 0.717) is 0 Å². The lowest BCUT2D eigenvalue weighted by Crippen LogP contribution is -2.41. The first-order chi connectivity index (χ1) is 10.8. The Hall–Kier alpha value is -1.65. The molecule has 3 nitrogen and oxygen atoms in total. The number of likely N-dealkylation sites (tertiary alicyclic amines) is 1. The number of hydrogen-bond acceptors (Lipinski definition) is 4. The zero-order valence-corrected chi connectivity index (χ0v) is 13.6. The lowest BCUT2D eigenvalue weighted by molar-refractivity contribution is -0.147. The van der Waals surface area contributed by atoms with E-state index in [1.807, 2.05) is 6.07 Å². The molecule has 0 amide bonds. The van der Waals surface area contributed by atoms with Crippen LogP contribution in [-0.4, -0.2) is 31.1 Å². The molecule has 0 unspecified atom stereocenters. The van der Waals surface area contributed by atoms with E-state index in [2.05, 4.69) is 46.7 Å². The molecule has 0 spiro atoms. The van der Waals surface area contributed by atoms with Crippen molar-refractivity contribution in [2.24, 2.45) is 5.92 Å². The first-order valence-electron chi connectivity index (χ1n) is 7.65. The highest BCUT2D eigenvalue weighted by atomic mass is 32.1. The minimum Gasteiger partial charge on any atom is -0.469 e. The number of carbonyl (C=O) groups excluding carboxylic acids is 1. The number of nitrogens with zero attached hydrogens (tertiary/aromatic N) is 1. The van der Waals surface area contributed by atoms with Crippen LogP contribution in [0, 0.1) is 5.92 Å². The van der Waals surface area contributed by atoms with Crippen LogP contribution in [0.5, 0.6) is 0 Å². The van der Waals surface area contributed by atoms with Crippen molar-refractivity contribution in [1.82, 2.24) is 4.90 Å². The molecule has 3 rings (SSSR count). The van der Waals surface area contributed by atoms with Crippen LogP contribution in [0.3, 0.4) is 0 Å². The second kappa shape index (κ2) is 7.07. The molecule has 1 aliphatic rings. The van der Waals surface area contributed by atoms with Crippen molar-refractivity contribution in [2.75, 3.05) is 20.2 Å². The third-order valence-corrected chi connectivity index (χ3v) is 5.36. The zero-order valence-electron chi connectivity index (χ0n) is 12.8. The Bertz CT molecular complexity index is 597. The Morgan fingerprint density at radius 1 is 1.27 bits per heavy atom. The van der Waals surface area contributed by atoms with Crippen LogP contribution in [0.25, 0.3) is 0 Å². The Kier molecular flexibility index (Phi) is 4.90. The molecule has 1 aliphatic heterocycles. The van der Waals surface area contributed by atoms with Gasteiger partial charge in [-0.05, 0) is 30.0 Å². The van der Waals surface area contributed by atoms with Gasteiger partial charge in [-0.1, -0.05) is 36.4 Å². The fourth-order valence-corrected chi connectivity index (χ4v) is 4.11. The maximum Gasteiger partial charge on any atom is 0.309 e. The highest BCUT2D eigenvalue weighted by Gasteiger charge is 2.36. The number of ether oxygens (including phenoxy) is 1. The molecule has 0 saturated carbocycles.